The Labute approximate surface area is 114 Å². The molecule has 0 unspecified atom stereocenters. The van der Waals surface area contributed by atoms with Crippen LogP contribution in [0.3, 0.4) is 0 Å². The Morgan fingerprint density at radius 1 is 1.58 bits per heavy atom. The molecule has 0 saturated carbocycles. The second kappa shape index (κ2) is 5.74. The molecule has 5 nitrogen and oxygen atoms in total. The Morgan fingerprint density at radius 3 is 2.84 bits per heavy atom. The van der Waals surface area contributed by atoms with E-state index in [9.17, 15) is 4.79 Å². The molecule has 0 spiro atoms. The highest BCUT2D eigenvalue weighted by Crippen LogP contribution is 2.20. The van der Waals surface area contributed by atoms with E-state index in [1.54, 1.807) is 0 Å². The Morgan fingerprint density at radius 2 is 2.32 bits per heavy atom. The molecule has 1 aromatic heterocycles. The maximum atomic E-state index is 12.5. The van der Waals surface area contributed by atoms with Crippen molar-refractivity contribution in [2.75, 3.05) is 19.6 Å². The molecule has 2 N–H and O–H groups in total. The van der Waals surface area contributed by atoms with Gasteiger partial charge in [0.2, 0.25) is 0 Å². The van der Waals surface area contributed by atoms with E-state index in [4.69, 9.17) is 5.73 Å². The number of carbonyl (C=O) groups excluding carboxylic acids is 1. The molecule has 0 aromatic carbocycles. The predicted octanol–water partition coefficient (Wildman–Crippen LogP) is 1.45. The van der Waals surface area contributed by atoms with Crippen molar-refractivity contribution in [2.24, 2.45) is 11.7 Å². The molecule has 1 aromatic rings. The van der Waals surface area contributed by atoms with Crippen LogP contribution in [0.5, 0.6) is 0 Å². The lowest BCUT2D eigenvalue weighted by Crippen LogP contribution is -2.31. The van der Waals surface area contributed by atoms with Crippen molar-refractivity contribution in [3.63, 3.8) is 0 Å². The van der Waals surface area contributed by atoms with Gasteiger partial charge in [0.15, 0.2) is 0 Å². The highest BCUT2D eigenvalue weighted by Gasteiger charge is 2.28. The van der Waals surface area contributed by atoms with Crippen LogP contribution in [0.15, 0.2) is 6.07 Å². The normalized spacial score (nSPS) is 19.4. The van der Waals surface area contributed by atoms with E-state index in [0.29, 0.717) is 24.1 Å². The Balaban J connectivity index is 2.19. The van der Waals surface area contributed by atoms with Crippen molar-refractivity contribution >= 4 is 5.91 Å². The largest absolute Gasteiger partial charge is 0.337 e. The maximum absolute atomic E-state index is 12.5. The quantitative estimate of drug-likeness (QED) is 0.895. The van der Waals surface area contributed by atoms with Gasteiger partial charge in [0.25, 0.3) is 5.91 Å². The van der Waals surface area contributed by atoms with Crippen molar-refractivity contribution in [3.05, 3.63) is 17.5 Å². The molecule has 2 rings (SSSR count). The number of likely N-dealkylation sites (tertiary alicyclic amines) is 1. The van der Waals surface area contributed by atoms with Crippen molar-refractivity contribution < 1.29 is 4.79 Å². The van der Waals surface area contributed by atoms with E-state index in [0.717, 1.165) is 31.7 Å². The molecule has 2 heterocycles. The van der Waals surface area contributed by atoms with Gasteiger partial charge in [-0.3, -0.25) is 9.48 Å². The van der Waals surface area contributed by atoms with Crippen molar-refractivity contribution in [2.45, 2.75) is 39.7 Å². The summed E-state index contributed by atoms with van der Waals surface area (Å²) in [5, 5.41) is 4.50. The minimum absolute atomic E-state index is 0.0946. The van der Waals surface area contributed by atoms with Crippen LogP contribution in [0, 0.1) is 5.92 Å². The lowest BCUT2D eigenvalue weighted by atomic mass is 10.1. The fraction of sp³-hybridized carbons (Fsp3) is 0.714. The first-order valence-corrected chi connectivity index (χ1v) is 7.13. The summed E-state index contributed by atoms with van der Waals surface area (Å²) in [5.41, 5.74) is 7.38. The summed E-state index contributed by atoms with van der Waals surface area (Å²) in [6.07, 6.45) is 1.01. The van der Waals surface area contributed by atoms with E-state index in [-0.39, 0.29) is 5.91 Å². The third kappa shape index (κ3) is 2.81. The molecular formula is C14H24N4O. The molecular weight excluding hydrogens is 240 g/mol. The number of aryl methyl sites for hydroxylation is 1. The van der Waals surface area contributed by atoms with Crippen LogP contribution in [-0.2, 0) is 6.54 Å². The third-order valence-electron chi connectivity index (χ3n) is 3.82. The van der Waals surface area contributed by atoms with Crippen LogP contribution in [0.25, 0.3) is 0 Å². The van der Waals surface area contributed by atoms with Crippen LogP contribution in [-0.4, -0.2) is 40.2 Å². The zero-order valence-corrected chi connectivity index (χ0v) is 12.1. The van der Waals surface area contributed by atoms with Gasteiger partial charge in [-0.15, -0.1) is 0 Å². The molecule has 5 heteroatoms. The minimum Gasteiger partial charge on any atom is -0.337 e. The number of rotatable bonds is 4. The van der Waals surface area contributed by atoms with Gasteiger partial charge >= 0.3 is 0 Å². The molecule has 1 aliphatic rings. The van der Waals surface area contributed by atoms with E-state index in [1.165, 1.54) is 0 Å². The van der Waals surface area contributed by atoms with Crippen LogP contribution in [0.1, 0.15) is 49.3 Å². The second-order valence-electron chi connectivity index (χ2n) is 5.57. The summed E-state index contributed by atoms with van der Waals surface area (Å²) in [6, 6.07) is 1.94. The lowest BCUT2D eigenvalue weighted by Gasteiger charge is -2.16. The fourth-order valence-electron chi connectivity index (χ4n) is 2.50. The first-order chi connectivity index (χ1) is 9.06. The zero-order chi connectivity index (χ0) is 14.0. The topological polar surface area (TPSA) is 64.2 Å². The van der Waals surface area contributed by atoms with E-state index in [1.807, 2.05) is 22.6 Å². The van der Waals surface area contributed by atoms with E-state index in [2.05, 4.69) is 18.9 Å². The Kier molecular flexibility index (Phi) is 4.24. The molecule has 19 heavy (non-hydrogen) atoms. The minimum atomic E-state index is 0.0946. The van der Waals surface area contributed by atoms with Crippen LogP contribution < -0.4 is 5.73 Å². The van der Waals surface area contributed by atoms with Crippen molar-refractivity contribution in [1.82, 2.24) is 14.7 Å². The lowest BCUT2D eigenvalue weighted by molar-refractivity contribution is 0.0775. The molecule has 1 atom stereocenters. The number of nitrogens with zero attached hydrogens (tertiary/aromatic N) is 3. The predicted molar refractivity (Wildman–Crippen MR) is 75.1 cm³/mol. The molecule has 0 radical (unpaired) electrons. The first kappa shape index (κ1) is 14.1. The monoisotopic (exact) mass is 264 g/mol. The summed E-state index contributed by atoms with van der Waals surface area (Å²) >= 11 is 0. The summed E-state index contributed by atoms with van der Waals surface area (Å²) in [4.78, 5) is 14.5. The van der Waals surface area contributed by atoms with Gasteiger partial charge in [-0.25, -0.2) is 0 Å². The van der Waals surface area contributed by atoms with Crippen molar-refractivity contribution in [3.8, 4) is 0 Å². The SMILES string of the molecule is CCn1nc(C(C)C)cc1C(=O)N1CC[C@H](CN)C1. The molecule has 1 aliphatic heterocycles. The van der Waals surface area contributed by atoms with Gasteiger partial charge in [-0.2, -0.15) is 5.10 Å². The average molecular weight is 264 g/mol. The number of nitrogens with two attached hydrogens (primary N) is 1. The summed E-state index contributed by atoms with van der Waals surface area (Å²) < 4.78 is 1.81. The highest BCUT2D eigenvalue weighted by molar-refractivity contribution is 5.93. The van der Waals surface area contributed by atoms with E-state index < -0.39 is 0 Å². The standard InChI is InChI=1S/C14H24N4O/c1-4-18-13(7-12(16-18)10(2)3)14(19)17-6-5-11(8-15)9-17/h7,10-11H,4-6,8-9,15H2,1-3H3/t11-/m1/s1. The fourth-order valence-corrected chi connectivity index (χ4v) is 2.50. The number of hydrogen-bond acceptors (Lipinski definition) is 3. The first-order valence-electron chi connectivity index (χ1n) is 7.13. The van der Waals surface area contributed by atoms with Crippen LogP contribution in [0.2, 0.25) is 0 Å². The number of hydrogen-bond donors (Lipinski definition) is 1. The second-order valence-corrected chi connectivity index (χ2v) is 5.57. The Hall–Kier alpha value is -1.36. The van der Waals surface area contributed by atoms with Gasteiger partial charge in [0.1, 0.15) is 5.69 Å². The van der Waals surface area contributed by atoms with Crippen LogP contribution >= 0.6 is 0 Å². The van der Waals surface area contributed by atoms with Gasteiger partial charge in [-0.1, -0.05) is 13.8 Å². The number of aromatic nitrogens is 2. The summed E-state index contributed by atoms with van der Waals surface area (Å²) in [6.45, 7) is 9.18. The molecule has 106 valence electrons. The van der Waals surface area contributed by atoms with E-state index >= 15 is 0 Å². The Bertz CT molecular complexity index is 452. The molecule has 0 aliphatic carbocycles. The van der Waals surface area contributed by atoms with Gasteiger partial charge in [-0.05, 0) is 37.8 Å². The van der Waals surface area contributed by atoms with Crippen molar-refractivity contribution in [1.29, 1.82) is 0 Å². The molecule has 1 saturated heterocycles. The highest BCUT2D eigenvalue weighted by atomic mass is 16.2. The summed E-state index contributed by atoms with van der Waals surface area (Å²) in [5.74, 6) is 0.887. The maximum Gasteiger partial charge on any atom is 0.272 e. The molecule has 0 bridgehead atoms. The molecule has 1 amide bonds. The average Bonchev–Trinajstić information content (AvgIpc) is 3.04. The smallest absolute Gasteiger partial charge is 0.272 e. The number of carbonyl (C=O) groups is 1. The number of amides is 1. The van der Waals surface area contributed by atoms with Gasteiger partial charge in [0, 0.05) is 19.6 Å². The zero-order valence-electron chi connectivity index (χ0n) is 12.1. The molecule has 1 fully saturated rings. The van der Waals surface area contributed by atoms with Crippen LogP contribution in [0.4, 0.5) is 0 Å². The van der Waals surface area contributed by atoms with Gasteiger partial charge in [0.05, 0.1) is 5.69 Å². The third-order valence-corrected chi connectivity index (χ3v) is 3.82. The van der Waals surface area contributed by atoms with Gasteiger partial charge < -0.3 is 10.6 Å². The summed E-state index contributed by atoms with van der Waals surface area (Å²) in [7, 11) is 0.